The summed E-state index contributed by atoms with van der Waals surface area (Å²) >= 11 is 0. The Hall–Kier alpha value is -2.24. The lowest BCUT2D eigenvalue weighted by Gasteiger charge is -2.20. The minimum Gasteiger partial charge on any atom is -0.491 e. The van der Waals surface area contributed by atoms with Crippen molar-refractivity contribution in [1.82, 2.24) is 0 Å². The number of carboxylic acid groups (broad SMARTS) is 2. The first-order valence-corrected chi connectivity index (χ1v) is 5.23. The molecule has 98 valence electrons. The number of carbonyl (C=O) groups is 2. The Labute approximate surface area is 104 Å². The van der Waals surface area contributed by atoms with Crippen molar-refractivity contribution >= 4 is 17.6 Å². The molecule has 0 unspecified atom stereocenters. The molecule has 6 nitrogen and oxygen atoms in total. The molecule has 0 atom stereocenters. The number of ether oxygens (including phenoxy) is 1. The molecule has 1 aromatic carbocycles. The molecule has 0 aliphatic heterocycles. The average Bonchev–Trinajstić information content (AvgIpc) is 2.25. The summed E-state index contributed by atoms with van der Waals surface area (Å²) < 4.78 is 5.26. The van der Waals surface area contributed by atoms with E-state index < -0.39 is 17.4 Å². The van der Waals surface area contributed by atoms with Gasteiger partial charge in [0.05, 0.1) is 5.41 Å². The zero-order chi connectivity index (χ0) is 13.9. The Balaban J connectivity index is 2.96. The summed E-state index contributed by atoms with van der Waals surface area (Å²) in [6.45, 7) is 2.83. The Morgan fingerprint density at radius 3 is 2.44 bits per heavy atom. The fourth-order valence-electron chi connectivity index (χ4n) is 1.22. The summed E-state index contributed by atoms with van der Waals surface area (Å²) in [5.74, 6) is -2.17. The maximum absolute atomic E-state index is 11.0. The molecular formula is C12H15NO5. The molecule has 0 spiro atoms. The van der Waals surface area contributed by atoms with Crippen LogP contribution in [0, 0.1) is 5.41 Å². The van der Waals surface area contributed by atoms with E-state index in [-0.39, 0.29) is 23.6 Å². The lowest BCUT2D eigenvalue weighted by atomic mass is 9.95. The third-order valence-electron chi connectivity index (χ3n) is 2.44. The first-order chi connectivity index (χ1) is 8.25. The molecule has 0 aliphatic carbocycles. The van der Waals surface area contributed by atoms with E-state index in [1.165, 1.54) is 26.0 Å². The molecule has 1 rings (SSSR count). The van der Waals surface area contributed by atoms with E-state index in [0.717, 1.165) is 0 Å². The SMILES string of the molecule is CC(C)(COc1cccc(N)c1C(=O)O)C(=O)O. The smallest absolute Gasteiger partial charge is 0.341 e. The monoisotopic (exact) mass is 253 g/mol. The summed E-state index contributed by atoms with van der Waals surface area (Å²) in [4.78, 5) is 21.9. The van der Waals surface area contributed by atoms with Crippen molar-refractivity contribution in [2.75, 3.05) is 12.3 Å². The molecule has 0 saturated carbocycles. The molecule has 18 heavy (non-hydrogen) atoms. The van der Waals surface area contributed by atoms with Gasteiger partial charge in [0.15, 0.2) is 0 Å². The van der Waals surface area contributed by atoms with Crippen LogP contribution in [0.4, 0.5) is 5.69 Å². The average molecular weight is 253 g/mol. The number of nitrogen functional groups attached to an aromatic ring is 1. The van der Waals surface area contributed by atoms with Crippen molar-refractivity contribution in [2.24, 2.45) is 5.41 Å². The van der Waals surface area contributed by atoms with Gasteiger partial charge in [-0.2, -0.15) is 0 Å². The van der Waals surface area contributed by atoms with E-state index in [0.29, 0.717) is 0 Å². The van der Waals surface area contributed by atoms with Crippen LogP contribution in [0.15, 0.2) is 18.2 Å². The van der Waals surface area contributed by atoms with Crippen LogP contribution >= 0.6 is 0 Å². The maximum atomic E-state index is 11.0. The topological polar surface area (TPSA) is 110 Å². The molecule has 0 bridgehead atoms. The van der Waals surface area contributed by atoms with Gasteiger partial charge in [0.2, 0.25) is 0 Å². The predicted octanol–water partition coefficient (Wildman–Crippen LogP) is 1.46. The Morgan fingerprint density at radius 2 is 1.94 bits per heavy atom. The van der Waals surface area contributed by atoms with E-state index in [4.69, 9.17) is 20.7 Å². The molecule has 0 aromatic heterocycles. The normalized spacial score (nSPS) is 11.0. The van der Waals surface area contributed by atoms with Crippen molar-refractivity contribution in [1.29, 1.82) is 0 Å². The van der Waals surface area contributed by atoms with Gasteiger partial charge in [-0.3, -0.25) is 4.79 Å². The molecule has 4 N–H and O–H groups in total. The number of aliphatic carboxylic acids is 1. The lowest BCUT2D eigenvalue weighted by molar-refractivity contribution is -0.148. The summed E-state index contributed by atoms with van der Waals surface area (Å²) in [6.07, 6.45) is 0. The fourth-order valence-corrected chi connectivity index (χ4v) is 1.22. The number of hydrogen-bond donors (Lipinski definition) is 3. The summed E-state index contributed by atoms with van der Waals surface area (Å²) in [5.41, 5.74) is 4.36. The minimum absolute atomic E-state index is 0.0665. The Bertz CT molecular complexity index is 481. The van der Waals surface area contributed by atoms with Gasteiger partial charge in [-0.1, -0.05) is 6.07 Å². The largest absolute Gasteiger partial charge is 0.491 e. The number of carboxylic acids is 2. The third kappa shape index (κ3) is 2.91. The van der Waals surface area contributed by atoms with Gasteiger partial charge in [0, 0.05) is 5.69 Å². The summed E-state index contributed by atoms with van der Waals surface area (Å²) in [7, 11) is 0. The number of anilines is 1. The van der Waals surface area contributed by atoms with Crippen LogP contribution in [0.1, 0.15) is 24.2 Å². The van der Waals surface area contributed by atoms with Gasteiger partial charge in [-0.15, -0.1) is 0 Å². The minimum atomic E-state index is -1.21. The molecular weight excluding hydrogens is 238 g/mol. The van der Waals surface area contributed by atoms with Crippen LogP contribution in [0.2, 0.25) is 0 Å². The van der Waals surface area contributed by atoms with Gasteiger partial charge in [0.1, 0.15) is 17.9 Å². The van der Waals surface area contributed by atoms with Crippen LogP contribution in [0.3, 0.4) is 0 Å². The van der Waals surface area contributed by atoms with Crippen LogP contribution in [-0.2, 0) is 4.79 Å². The zero-order valence-corrected chi connectivity index (χ0v) is 10.1. The Kier molecular flexibility index (Phi) is 3.80. The predicted molar refractivity (Wildman–Crippen MR) is 64.7 cm³/mol. The molecule has 0 fully saturated rings. The van der Waals surface area contributed by atoms with Crippen LogP contribution in [0.5, 0.6) is 5.75 Å². The Morgan fingerprint density at radius 1 is 1.33 bits per heavy atom. The summed E-state index contributed by atoms with van der Waals surface area (Å²) in [5, 5.41) is 17.9. The van der Waals surface area contributed by atoms with Crippen molar-refractivity contribution in [3.63, 3.8) is 0 Å². The van der Waals surface area contributed by atoms with Crippen molar-refractivity contribution in [3.05, 3.63) is 23.8 Å². The van der Waals surface area contributed by atoms with E-state index in [9.17, 15) is 9.59 Å². The molecule has 0 amide bonds. The quantitative estimate of drug-likeness (QED) is 0.685. The molecule has 1 aromatic rings. The van der Waals surface area contributed by atoms with Gasteiger partial charge >= 0.3 is 11.9 Å². The zero-order valence-electron chi connectivity index (χ0n) is 10.1. The highest BCUT2D eigenvalue weighted by atomic mass is 16.5. The van der Waals surface area contributed by atoms with Gasteiger partial charge in [-0.05, 0) is 26.0 Å². The van der Waals surface area contributed by atoms with Gasteiger partial charge in [-0.25, -0.2) is 4.79 Å². The second kappa shape index (κ2) is 4.95. The number of aromatic carboxylic acids is 1. The maximum Gasteiger partial charge on any atom is 0.341 e. The number of rotatable bonds is 5. The van der Waals surface area contributed by atoms with Crippen molar-refractivity contribution in [3.8, 4) is 5.75 Å². The first-order valence-electron chi connectivity index (χ1n) is 5.23. The fraction of sp³-hybridized carbons (Fsp3) is 0.333. The van der Waals surface area contributed by atoms with E-state index in [1.807, 2.05) is 0 Å². The van der Waals surface area contributed by atoms with Crippen molar-refractivity contribution in [2.45, 2.75) is 13.8 Å². The second-order valence-electron chi connectivity index (χ2n) is 4.50. The lowest BCUT2D eigenvalue weighted by Crippen LogP contribution is -2.31. The van der Waals surface area contributed by atoms with Gasteiger partial charge in [0.25, 0.3) is 0 Å². The van der Waals surface area contributed by atoms with Crippen LogP contribution in [0.25, 0.3) is 0 Å². The molecule has 0 saturated heterocycles. The standard InChI is InChI=1S/C12H15NO5/c1-12(2,11(16)17)6-18-8-5-3-4-7(13)9(8)10(14)15/h3-5H,6,13H2,1-2H3,(H,14,15)(H,16,17). The number of nitrogens with two attached hydrogens (primary N) is 1. The highest BCUT2D eigenvalue weighted by molar-refractivity contribution is 5.96. The van der Waals surface area contributed by atoms with Crippen molar-refractivity contribution < 1.29 is 24.5 Å². The molecule has 0 radical (unpaired) electrons. The van der Waals surface area contributed by atoms with Crippen LogP contribution < -0.4 is 10.5 Å². The molecule has 0 aliphatic rings. The third-order valence-corrected chi connectivity index (χ3v) is 2.44. The van der Waals surface area contributed by atoms with Gasteiger partial charge < -0.3 is 20.7 Å². The van der Waals surface area contributed by atoms with E-state index in [1.54, 1.807) is 6.07 Å². The summed E-state index contributed by atoms with van der Waals surface area (Å²) in [6, 6.07) is 4.43. The van der Waals surface area contributed by atoms with E-state index >= 15 is 0 Å². The van der Waals surface area contributed by atoms with E-state index in [2.05, 4.69) is 0 Å². The molecule has 6 heteroatoms. The molecule has 0 heterocycles. The number of hydrogen-bond acceptors (Lipinski definition) is 4. The second-order valence-corrected chi connectivity index (χ2v) is 4.50. The highest BCUT2D eigenvalue weighted by Crippen LogP contribution is 2.26. The first kappa shape index (κ1) is 13.8. The number of benzene rings is 1. The van der Waals surface area contributed by atoms with Crippen LogP contribution in [-0.4, -0.2) is 28.8 Å². The highest BCUT2D eigenvalue weighted by Gasteiger charge is 2.29.